The number of nitrogens with zero attached hydrogens (tertiary/aromatic N) is 3. The lowest BCUT2D eigenvalue weighted by atomic mass is 10.0. The highest BCUT2D eigenvalue weighted by Gasteiger charge is 2.41. The minimum absolute atomic E-state index is 0.152. The molecule has 1 aliphatic heterocycles. The molecule has 0 spiro atoms. The van der Waals surface area contributed by atoms with Crippen molar-refractivity contribution in [2.24, 2.45) is 0 Å². The number of thiocarbonyl (C=S) groups is 1. The molecule has 2 aromatic heterocycles. The first-order valence-corrected chi connectivity index (χ1v) is 13.2. The van der Waals surface area contributed by atoms with Crippen LogP contribution in [-0.4, -0.2) is 52.2 Å². The molecular weight excluding hydrogens is 526 g/mol. The van der Waals surface area contributed by atoms with Crippen LogP contribution in [-0.2, 0) is 9.53 Å². The van der Waals surface area contributed by atoms with Crippen LogP contribution in [0.25, 0.3) is 5.69 Å². The molecule has 9 nitrogen and oxygen atoms in total. The number of benzene rings is 2. The number of pyridine rings is 1. The van der Waals surface area contributed by atoms with Crippen molar-refractivity contribution in [3.05, 3.63) is 108 Å². The van der Waals surface area contributed by atoms with E-state index in [2.05, 4.69) is 20.2 Å². The number of ether oxygens (including phenoxy) is 2. The van der Waals surface area contributed by atoms with Crippen LogP contribution in [0, 0.1) is 0 Å². The summed E-state index contributed by atoms with van der Waals surface area (Å²) in [4.78, 5) is 31.5. The second kappa shape index (κ2) is 12.0. The third-order valence-corrected chi connectivity index (χ3v) is 7.16. The van der Waals surface area contributed by atoms with Gasteiger partial charge in [-0.2, -0.15) is 0 Å². The minimum atomic E-state index is -0.391. The lowest BCUT2D eigenvalue weighted by molar-refractivity contribution is -0.116. The molecule has 1 amide bonds. The van der Waals surface area contributed by atoms with Crippen LogP contribution in [0.4, 0.5) is 5.69 Å². The average Bonchev–Trinajstić information content (AvgIpc) is 3.60. The zero-order valence-electron chi connectivity index (χ0n) is 22.1. The predicted octanol–water partition coefficient (Wildman–Crippen LogP) is 4.67. The Morgan fingerprint density at radius 1 is 1.00 bits per heavy atom. The average molecular weight is 556 g/mol. The lowest BCUT2D eigenvalue weighted by Gasteiger charge is -2.29. The van der Waals surface area contributed by atoms with Crippen molar-refractivity contribution in [3.8, 4) is 11.4 Å². The van der Waals surface area contributed by atoms with Crippen LogP contribution in [0.3, 0.4) is 0 Å². The van der Waals surface area contributed by atoms with E-state index in [1.54, 1.807) is 37.6 Å². The Hall–Kier alpha value is -4.70. The summed E-state index contributed by atoms with van der Waals surface area (Å²) in [7, 11) is 2.93. The fourth-order valence-electron chi connectivity index (χ4n) is 4.90. The Labute approximate surface area is 237 Å². The predicted molar refractivity (Wildman–Crippen MR) is 156 cm³/mol. The standard InChI is InChI=1S/C30H29N5O4S/c1-38-25-11-4-3-8-22(25)32-26(36)16-19-35-28(27(33-30(35)40)23-9-5-6-17-31-23)24-10-7-18-34(24)21-14-12-20(13-15-21)29(37)39-2/h3-15,17-18,27-28H,16,19H2,1-2H3,(H,32,36)(H,33,40)/t27-,28-/m1/s1. The third-order valence-electron chi connectivity index (χ3n) is 6.81. The monoisotopic (exact) mass is 555 g/mol. The zero-order chi connectivity index (χ0) is 28.1. The molecule has 0 saturated carbocycles. The van der Waals surface area contributed by atoms with Gasteiger partial charge in [-0.15, -0.1) is 0 Å². The first kappa shape index (κ1) is 26.9. The number of nitrogens with one attached hydrogen (secondary N) is 2. The van der Waals surface area contributed by atoms with Crippen molar-refractivity contribution >= 4 is 34.9 Å². The normalized spacial score (nSPS) is 16.4. The summed E-state index contributed by atoms with van der Waals surface area (Å²) in [6, 6.07) is 23.8. The minimum Gasteiger partial charge on any atom is -0.495 e. The first-order valence-electron chi connectivity index (χ1n) is 12.8. The van der Waals surface area contributed by atoms with Crippen molar-refractivity contribution in [2.45, 2.75) is 18.5 Å². The summed E-state index contributed by atoms with van der Waals surface area (Å²) >= 11 is 5.78. The van der Waals surface area contributed by atoms with Gasteiger partial charge in [-0.05, 0) is 72.9 Å². The van der Waals surface area contributed by atoms with Gasteiger partial charge in [0.1, 0.15) is 5.75 Å². The van der Waals surface area contributed by atoms with Crippen molar-refractivity contribution in [1.29, 1.82) is 0 Å². The number of carbonyl (C=O) groups is 2. The van der Waals surface area contributed by atoms with E-state index in [-0.39, 0.29) is 24.4 Å². The van der Waals surface area contributed by atoms with E-state index in [0.29, 0.717) is 28.7 Å². The molecule has 2 aromatic carbocycles. The molecule has 0 bridgehead atoms. The number of hydrogen-bond donors (Lipinski definition) is 2. The second-order valence-electron chi connectivity index (χ2n) is 9.16. The van der Waals surface area contributed by atoms with Gasteiger partial charge in [-0.3, -0.25) is 9.78 Å². The molecule has 2 atom stereocenters. The highest BCUT2D eigenvalue weighted by molar-refractivity contribution is 7.80. The van der Waals surface area contributed by atoms with Crippen LogP contribution < -0.4 is 15.4 Å². The molecular formula is C30H29N5O4S. The molecule has 3 heterocycles. The molecule has 0 unspecified atom stereocenters. The van der Waals surface area contributed by atoms with Gasteiger partial charge in [-0.25, -0.2) is 4.79 Å². The quantitative estimate of drug-likeness (QED) is 0.227. The molecule has 0 aliphatic carbocycles. The number of para-hydroxylation sites is 2. The molecule has 1 saturated heterocycles. The summed E-state index contributed by atoms with van der Waals surface area (Å²) in [5, 5.41) is 6.91. The smallest absolute Gasteiger partial charge is 0.337 e. The highest BCUT2D eigenvalue weighted by atomic mass is 32.1. The molecule has 1 aliphatic rings. The Morgan fingerprint density at radius 3 is 2.50 bits per heavy atom. The van der Waals surface area contributed by atoms with Gasteiger partial charge in [-0.1, -0.05) is 18.2 Å². The van der Waals surface area contributed by atoms with E-state index in [9.17, 15) is 9.59 Å². The number of methoxy groups -OCH3 is 2. The van der Waals surface area contributed by atoms with Gasteiger partial charge in [0.25, 0.3) is 0 Å². The van der Waals surface area contributed by atoms with Gasteiger partial charge in [0, 0.05) is 36.7 Å². The maximum absolute atomic E-state index is 13.0. The van der Waals surface area contributed by atoms with E-state index >= 15 is 0 Å². The summed E-state index contributed by atoms with van der Waals surface area (Å²) in [5.41, 5.74) is 3.75. The number of amides is 1. The van der Waals surface area contributed by atoms with Crippen LogP contribution in [0.1, 0.15) is 40.3 Å². The summed E-state index contributed by atoms with van der Waals surface area (Å²) < 4.78 is 12.3. The molecule has 5 rings (SSSR count). The number of hydrogen-bond acceptors (Lipinski definition) is 6. The Morgan fingerprint density at radius 2 is 1.77 bits per heavy atom. The van der Waals surface area contributed by atoms with E-state index in [0.717, 1.165) is 17.1 Å². The van der Waals surface area contributed by atoms with E-state index < -0.39 is 5.97 Å². The number of carbonyl (C=O) groups excluding carboxylic acids is 2. The first-order chi connectivity index (χ1) is 19.5. The van der Waals surface area contributed by atoms with Crippen molar-refractivity contribution in [1.82, 2.24) is 19.8 Å². The Kier molecular flexibility index (Phi) is 8.07. The Balaban J connectivity index is 1.43. The van der Waals surface area contributed by atoms with Crippen LogP contribution >= 0.6 is 12.2 Å². The summed E-state index contributed by atoms with van der Waals surface area (Å²) in [6.45, 7) is 0.382. The SMILES string of the molecule is COC(=O)c1ccc(-n2cccc2[C@@H]2[C@@H](c3ccccn3)NC(=S)N2CCC(=O)Nc2ccccc2OC)cc1. The van der Waals surface area contributed by atoms with E-state index in [1.165, 1.54) is 7.11 Å². The van der Waals surface area contributed by atoms with Gasteiger partial charge in [0.05, 0.1) is 43.2 Å². The maximum Gasteiger partial charge on any atom is 0.337 e. The second-order valence-corrected chi connectivity index (χ2v) is 9.55. The van der Waals surface area contributed by atoms with E-state index in [4.69, 9.17) is 21.7 Å². The van der Waals surface area contributed by atoms with Gasteiger partial charge in [0.2, 0.25) is 5.91 Å². The fraction of sp³-hybridized carbons (Fsp3) is 0.200. The van der Waals surface area contributed by atoms with Crippen LogP contribution in [0.15, 0.2) is 91.3 Å². The Bertz CT molecular complexity index is 1510. The topological polar surface area (TPSA) is 97.7 Å². The molecule has 10 heteroatoms. The molecule has 1 fully saturated rings. The van der Waals surface area contributed by atoms with Crippen molar-refractivity contribution in [3.63, 3.8) is 0 Å². The lowest BCUT2D eigenvalue weighted by Crippen LogP contribution is -2.33. The largest absolute Gasteiger partial charge is 0.495 e. The van der Waals surface area contributed by atoms with Gasteiger partial charge >= 0.3 is 5.97 Å². The van der Waals surface area contributed by atoms with Crippen LogP contribution in [0.5, 0.6) is 5.75 Å². The molecule has 4 aromatic rings. The zero-order valence-corrected chi connectivity index (χ0v) is 22.9. The van der Waals surface area contributed by atoms with E-state index in [1.807, 2.05) is 65.7 Å². The highest BCUT2D eigenvalue weighted by Crippen LogP contribution is 2.39. The van der Waals surface area contributed by atoms with Crippen molar-refractivity contribution in [2.75, 3.05) is 26.1 Å². The van der Waals surface area contributed by atoms with Crippen molar-refractivity contribution < 1.29 is 19.1 Å². The molecule has 204 valence electrons. The number of esters is 1. The van der Waals surface area contributed by atoms with Crippen LogP contribution in [0.2, 0.25) is 0 Å². The number of anilines is 1. The summed E-state index contributed by atoms with van der Waals surface area (Å²) in [6.07, 6.45) is 3.93. The van der Waals surface area contributed by atoms with Gasteiger partial charge < -0.3 is 29.6 Å². The molecule has 0 radical (unpaired) electrons. The third kappa shape index (κ3) is 5.52. The number of rotatable bonds is 9. The molecule has 2 N–H and O–H groups in total. The molecule has 40 heavy (non-hydrogen) atoms. The number of aromatic nitrogens is 2. The van der Waals surface area contributed by atoms with Gasteiger partial charge in [0.15, 0.2) is 5.11 Å². The fourth-order valence-corrected chi connectivity index (χ4v) is 5.23. The summed E-state index contributed by atoms with van der Waals surface area (Å²) in [5.74, 6) is 0.0527. The maximum atomic E-state index is 13.0.